The molecule has 23 heavy (non-hydrogen) atoms. The van der Waals surface area contributed by atoms with Gasteiger partial charge in [-0.05, 0) is 17.9 Å². The minimum atomic E-state index is -1.91. The number of nitrogens with one attached hydrogen (secondary N) is 1. The smallest absolute Gasteiger partial charge is 0.289 e. The van der Waals surface area contributed by atoms with E-state index in [0.717, 1.165) is 5.75 Å². The van der Waals surface area contributed by atoms with Crippen molar-refractivity contribution in [2.24, 2.45) is 0 Å². The van der Waals surface area contributed by atoms with Crippen LogP contribution in [0.1, 0.15) is 17.5 Å². The highest BCUT2D eigenvalue weighted by Crippen LogP contribution is 2.32. The average molecular weight is 397 g/mol. The molecule has 0 aliphatic carbocycles. The summed E-state index contributed by atoms with van der Waals surface area (Å²) in [5.74, 6) is 0.459. The van der Waals surface area contributed by atoms with E-state index >= 15 is 0 Å². The molecule has 1 atom stereocenters. The van der Waals surface area contributed by atoms with Crippen molar-refractivity contribution in [1.29, 1.82) is 0 Å². The maximum atomic E-state index is 12.0. The van der Waals surface area contributed by atoms with E-state index in [4.69, 9.17) is 44.0 Å². The first-order valence-corrected chi connectivity index (χ1v) is 8.55. The maximum absolute atomic E-state index is 12.0. The molecule has 6 nitrogen and oxygen atoms in total. The third-order valence-corrected chi connectivity index (χ3v) is 3.76. The summed E-state index contributed by atoms with van der Waals surface area (Å²) in [6.45, 7) is 1.97. The average Bonchev–Trinajstić information content (AvgIpc) is 3.00. The Morgan fingerprint density at radius 2 is 2.26 bits per heavy atom. The van der Waals surface area contributed by atoms with Gasteiger partial charge in [-0.1, -0.05) is 53.5 Å². The molecule has 2 rings (SSSR count). The number of nitrogens with zero attached hydrogens (tertiary/aromatic N) is 2. The lowest BCUT2D eigenvalue weighted by Gasteiger charge is -2.25. The van der Waals surface area contributed by atoms with Crippen LogP contribution in [0.15, 0.2) is 40.2 Å². The zero-order valence-corrected chi connectivity index (χ0v) is 14.9. The second-order valence-corrected chi connectivity index (χ2v) is 7.70. The molecule has 0 aromatic carbocycles. The number of halogens is 3. The number of furan rings is 1. The Morgan fingerprint density at radius 1 is 1.48 bits per heavy atom. The van der Waals surface area contributed by atoms with Crippen molar-refractivity contribution in [3.8, 4) is 5.88 Å². The number of carbonyl (C=O) groups excluding carboxylic acids is 1. The van der Waals surface area contributed by atoms with Crippen LogP contribution in [-0.2, 0) is 0 Å². The van der Waals surface area contributed by atoms with Crippen LogP contribution < -0.4 is 10.1 Å². The monoisotopic (exact) mass is 395 g/mol. The molecule has 1 N–H and O–H groups in total. The Balaban J connectivity index is 2.13. The summed E-state index contributed by atoms with van der Waals surface area (Å²) in [5.41, 5.74) is 0. The fourth-order valence-electron chi connectivity index (χ4n) is 1.49. The molecule has 2 heterocycles. The summed E-state index contributed by atoms with van der Waals surface area (Å²) in [6, 6.07) is 4.55. The Bertz CT molecular complexity index is 649. The predicted molar refractivity (Wildman–Crippen MR) is 89.3 cm³/mol. The molecule has 0 bridgehead atoms. The van der Waals surface area contributed by atoms with Gasteiger partial charge in [-0.15, -0.1) is 0 Å². The molecule has 1 unspecified atom stereocenters. The van der Waals surface area contributed by atoms with Crippen LogP contribution in [0.2, 0.25) is 0 Å². The highest BCUT2D eigenvalue weighted by Gasteiger charge is 2.37. The molecule has 0 aliphatic heterocycles. The Hall–Kier alpha value is -1.15. The lowest BCUT2D eigenvalue weighted by molar-refractivity contribution is 0.0797. The van der Waals surface area contributed by atoms with E-state index in [0.29, 0.717) is 5.16 Å². The second kappa shape index (κ2) is 8.10. The van der Waals surface area contributed by atoms with Gasteiger partial charge in [-0.25, -0.2) is 4.98 Å². The molecule has 0 saturated heterocycles. The SMILES string of the molecule is CCSc1nccc(OC(NC(=O)c2ccco2)C(Cl)(Cl)Cl)n1. The van der Waals surface area contributed by atoms with Crippen molar-refractivity contribution < 1.29 is 13.9 Å². The van der Waals surface area contributed by atoms with E-state index in [-0.39, 0.29) is 11.6 Å². The largest absolute Gasteiger partial charge is 0.459 e. The third-order valence-electron chi connectivity index (χ3n) is 2.42. The number of hydrogen-bond donors (Lipinski definition) is 1. The molecule has 0 spiro atoms. The van der Waals surface area contributed by atoms with Crippen molar-refractivity contribution >= 4 is 52.5 Å². The molecular weight excluding hydrogens is 385 g/mol. The zero-order valence-electron chi connectivity index (χ0n) is 11.8. The number of ether oxygens (including phenoxy) is 1. The molecule has 2 aromatic heterocycles. The van der Waals surface area contributed by atoms with Gasteiger partial charge in [0.25, 0.3) is 5.91 Å². The van der Waals surface area contributed by atoms with E-state index in [2.05, 4.69) is 15.3 Å². The fraction of sp³-hybridized carbons (Fsp3) is 0.308. The van der Waals surface area contributed by atoms with Gasteiger partial charge in [0.05, 0.1) is 6.26 Å². The highest BCUT2D eigenvalue weighted by atomic mass is 35.6. The van der Waals surface area contributed by atoms with Gasteiger partial charge in [-0.3, -0.25) is 4.79 Å². The van der Waals surface area contributed by atoms with Gasteiger partial charge >= 0.3 is 0 Å². The summed E-state index contributed by atoms with van der Waals surface area (Å²) in [6.07, 6.45) is 1.61. The van der Waals surface area contributed by atoms with Crippen LogP contribution in [0, 0.1) is 0 Å². The third kappa shape index (κ3) is 5.46. The predicted octanol–water partition coefficient (Wildman–Crippen LogP) is 3.69. The summed E-state index contributed by atoms with van der Waals surface area (Å²) in [7, 11) is 0. The number of rotatable bonds is 6. The minimum Gasteiger partial charge on any atom is -0.459 e. The lowest BCUT2D eigenvalue weighted by atomic mass is 10.4. The fourth-order valence-corrected chi connectivity index (χ4v) is 2.33. The number of carbonyl (C=O) groups is 1. The molecule has 0 radical (unpaired) electrons. The molecular formula is C13H12Cl3N3O3S. The molecule has 0 saturated carbocycles. The standard InChI is InChI=1S/C13H12Cl3N3O3S/c1-2-23-12-17-6-5-9(18-12)22-11(13(14,15)16)19-10(20)8-4-3-7-21-8/h3-7,11H,2H2,1H3,(H,19,20). The van der Waals surface area contributed by atoms with Crippen molar-refractivity contribution in [1.82, 2.24) is 15.3 Å². The van der Waals surface area contributed by atoms with Gasteiger partial charge in [-0.2, -0.15) is 4.98 Å². The van der Waals surface area contributed by atoms with Crippen molar-refractivity contribution in [3.05, 3.63) is 36.4 Å². The number of alkyl halides is 3. The lowest BCUT2D eigenvalue weighted by Crippen LogP contribution is -2.47. The first-order valence-electron chi connectivity index (χ1n) is 6.43. The number of hydrogen-bond acceptors (Lipinski definition) is 6. The number of amides is 1. The van der Waals surface area contributed by atoms with Crippen LogP contribution >= 0.6 is 46.6 Å². The Morgan fingerprint density at radius 3 is 2.87 bits per heavy atom. The number of thioether (sulfide) groups is 1. The Kier molecular flexibility index (Phi) is 6.41. The van der Waals surface area contributed by atoms with E-state index in [1.165, 1.54) is 36.4 Å². The molecule has 1 amide bonds. The molecule has 2 aromatic rings. The first-order chi connectivity index (χ1) is 10.9. The van der Waals surface area contributed by atoms with Crippen molar-refractivity contribution in [3.63, 3.8) is 0 Å². The van der Waals surface area contributed by atoms with Gasteiger partial charge in [0.1, 0.15) is 0 Å². The van der Waals surface area contributed by atoms with E-state index in [1.807, 2.05) is 6.92 Å². The normalized spacial score (nSPS) is 12.7. The van der Waals surface area contributed by atoms with Gasteiger partial charge in [0.15, 0.2) is 10.9 Å². The topological polar surface area (TPSA) is 77.2 Å². The molecule has 10 heteroatoms. The zero-order chi connectivity index (χ0) is 16.9. The summed E-state index contributed by atoms with van der Waals surface area (Å²) < 4.78 is 8.57. The van der Waals surface area contributed by atoms with Crippen LogP contribution in [0.25, 0.3) is 0 Å². The van der Waals surface area contributed by atoms with Gasteiger partial charge in [0.2, 0.25) is 15.9 Å². The van der Waals surface area contributed by atoms with E-state index in [1.54, 1.807) is 6.07 Å². The summed E-state index contributed by atoms with van der Waals surface area (Å²) in [4.78, 5) is 20.3. The van der Waals surface area contributed by atoms with Crippen LogP contribution in [-0.4, -0.2) is 31.6 Å². The van der Waals surface area contributed by atoms with Crippen LogP contribution in [0.3, 0.4) is 0 Å². The van der Waals surface area contributed by atoms with Crippen molar-refractivity contribution in [2.45, 2.75) is 22.1 Å². The minimum absolute atomic E-state index is 0.0674. The molecule has 0 aliphatic rings. The van der Waals surface area contributed by atoms with E-state index < -0.39 is 15.9 Å². The van der Waals surface area contributed by atoms with Gasteiger partial charge < -0.3 is 14.5 Å². The van der Waals surface area contributed by atoms with E-state index in [9.17, 15) is 4.79 Å². The highest BCUT2D eigenvalue weighted by molar-refractivity contribution is 7.99. The summed E-state index contributed by atoms with van der Waals surface area (Å²) in [5, 5.41) is 2.96. The molecule has 0 fully saturated rings. The van der Waals surface area contributed by atoms with Gasteiger partial charge in [0, 0.05) is 12.3 Å². The second-order valence-electron chi connectivity index (χ2n) is 4.10. The first kappa shape index (κ1) is 18.2. The van der Waals surface area contributed by atoms with Crippen LogP contribution in [0.5, 0.6) is 5.88 Å². The quantitative estimate of drug-likeness (QED) is 0.347. The van der Waals surface area contributed by atoms with Crippen LogP contribution in [0.4, 0.5) is 0 Å². The number of aromatic nitrogens is 2. The Labute approximate surface area is 151 Å². The molecule has 124 valence electrons. The van der Waals surface area contributed by atoms with Crippen molar-refractivity contribution in [2.75, 3.05) is 5.75 Å². The summed E-state index contributed by atoms with van der Waals surface area (Å²) >= 11 is 19.0. The maximum Gasteiger partial charge on any atom is 0.289 e.